The maximum Gasteiger partial charge on any atom is 0.173 e. The summed E-state index contributed by atoms with van der Waals surface area (Å²) in [5.74, 6) is 1.79. The van der Waals surface area contributed by atoms with Crippen molar-refractivity contribution in [1.82, 2.24) is 9.78 Å². The smallest absolute Gasteiger partial charge is 0.173 e. The number of aryl methyl sites for hydroxylation is 1. The maximum absolute atomic E-state index is 12.5. The van der Waals surface area contributed by atoms with Crippen LogP contribution < -0.4 is 0 Å². The number of fused-ring (bicyclic) bond motifs is 8. The molecule has 0 bridgehead atoms. The summed E-state index contributed by atoms with van der Waals surface area (Å²) in [6.07, 6.45) is 26.5. The lowest BCUT2D eigenvalue weighted by Gasteiger charge is -2.55. The van der Waals surface area contributed by atoms with Gasteiger partial charge in [-0.25, -0.2) is 0 Å². The Kier molecular flexibility index (Phi) is 23.4. The first-order valence-corrected chi connectivity index (χ1v) is 39.8. The summed E-state index contributed by atoms with van der Waals surface area (Å²) < 4.78 is 70.2. The molecule has 13 atom stereocenters. The third kappa shape index (κ3) is 13.7. The molecule has 105 heavy (non-hydrogen) atoms. The van der Waals surface area contributed by atoms with Crippen LogP contribution in [0.25, 0.3) is 0 Å². The van der Waals surface area contributed by atoms with Crippen LogP contribution in [0, 0.1) is 77.8 Å². The number of aliphatic hydroxyl groups is 1. The van der Waals surface area contributed by atoms with Crippen LogP contribution in [-0.2, 0) is 99.7 Å². The standard InChI is InChI=1S/C16H24N2O2.C15H22O4.C14H22O3.C14H24O3.C14H22O3.C12H18O3/c1-14(2)12-9-11-10-18(4)17-13(11)15(12,3)5-6-16(14)19-7-8-20-16;1-13(2)11-8-10(9-16)12(17)14(11,3)4-5-15(13)18-6-7-19-15;1-12(2)10-4-5-11(15)13(10,3)6-7-14(12)16-8-9-17-14;2*1-13(2)10-5-6-12(17-9-16-4)14(10,3)8-7-11(13)15;1-12-6-5-10(13)7-9(12)3-4-11(12)15-8-14-2/h10,12H,5-9H2,1-4H3;9,11,16H,4-8H2,1-3H3;10H,4-9H2,1-3H3;10,12H,5-9H2,1-4H3;5,12H,6-9H2,1-4H3;7,11H,3-6,8H2,1-2H3/b;10-9-;;;;/t12-,15+;11-,14+;10-,13+;10-,12+,14+;12-,14-;11-,12-/m111100/s1. The van der Waals surface area contributed by atoms with Gasteiger partial charge in [-0.3, -0.25) is 28.7 Å². The van der Waals surface area contributed by atoms with Crippen molar-refractivity contribution in [3.05, 3.63) is 52.6 Å². The van der Waals surface area contributed by atoms with Crippen LogP contribution in [0.1, 0.15) is 250 Å². The van der Waals surface area contributed by atoms with Gasteiger partial charge in [-0.05, 0) is 144 Å². The largest absolute Gasteiger partial charge is 0.515 e. The first-order valence-electron chi connectivity index (χ1n) is 39.8. The number of aliphatic hydroxyl groups excluding tert-OH is 1. The molecule has 16 rings (SSSR count). The Balaban J connectivity index is 0.000000126. The fourth-order valence-electron chi connectivity index (χ4n) is 24.3. The molecule has 3 spiro atoms. The average molecular weight is 1470 g/mol. The molecule has 4 heterocycles. The van der Waals surface area contributed by atoms with Gasteiger partial charge in [0.2, 0.25) is 0 Å². The van der Waals surface area contributed by atoms with Crippen molar-refractivity contribution in [2.24, 2.45) is 84.9 Å². The Morgan fingerprint density at radius 3 is 1.53 bits per heavy atom. The van der Waals surface area contributed by atoms with Gasteiger partial charge in [0, 0.05) is 139 Å². The number of ether oxygens (including phenoxy) is 12. The van der Waals surface area contributed by atoms with E-state index >= 15 is 0 Å². The third-order valence-electron chi connectivity index (χ3n) is 30.9. The number of ketones is 5. The van der Waals surface area contributed by atoms with Gasteiger partial charge in [-0.15, -0.1) is 0 Å². The van der Waals surface area contributed by atoms with Crippen LogP contribution in [0.5, 0.6) is 0 Å². The number of hydrogen-bond acceptors (Lipinski definition) is 19. The van der Waals surface area contributed by atoms with E-state index in [1.54, 1.807) is 21.3 Å². The molecule has 9 saturated carbocycles. The Labute approximate surface area is 627 Å². The molecule has 12 aliphatic carbocycles. The Morgan fingerprint density at radius 1 is 0.486 bits per heavy atom. The quantitative estimate of drug-likeness (QED) is 0.105. The molecule has 20 nitrogen and oxygen atoms in total. The number of Topliss-reactive ketones (excluding diaryl/α,β-unsaturated/α-hetero) is 4. The molecule has 15 aliphatic rings. The van der Waals surface area contributed by atoms with Crippen molar-refractivity contribution in [3.8, 4) is 0 Å². The average Bonchev–Trinajstić information content (AvgIpc) is 1.66. The minimum atomic E-state index is -0.553. The van der Waals surface area contributed by atoms with Gasteiger partial charge in [0.1, 0.15) is 37.7 Å². The number of hydrogen-bond donors (Lipinski definition) is 1. The highest BCUT2D eigenvalue weighted by Crippen LogP contribution is 2.67. The lowest BCUT2D eigenvalue weighted by atomic mass is 9.54. The van der Waals surface area contributed by atoms with E-state index in [0.29, 0.717) is 113 Å². The van der Waals surface area contributed by atoms with Gasteiger partial charge in [-0.2, -0.15) is 5.10 Å². The number of allylic oxidation sites excluding steroid dienone is 2. The Bertz CT molecular complexity index is 3460. The summed E-state index contributed by atoms with van der Waals surface area (Å²) in [6, 6.07) is 0. The number of aromatic nitrogens is 2. The lowest BCUT2D eigenvalue weighted by molar-refractivity contribution is -0.276. The van der Waals surface area contributed by atoms with Crippen molar-refractivity contribution in [3.63, 3.8) is 0 Å². The van der Waals surface area contributed by atoms with E-state index < -0.39 is 17.0 Å². The van der Waals surface area contributed by atoms with Crippen molar-refractivity contribution in [2.45, 2.75) is 287 Å². The third-order valence-corrected chi connectivity index (χ3v) is 30.9. The highest BCUT2D eigenvalue weighted by atomic mass is 16.8. The molecule has 0 amide bonds. The maximum atomic E-state index is 12.5. The van der Waals surface area contributed by atoms with E-state index in [-0.39, 0.29) is 95.7 Å². The van der Waals surface area contributed by atoms with E-state index in [1.165, 1.54) is 22.4 Å². The monoisotopic (exact) mass is 1470 g/mol. The highest BCUT2D eigenvalue weighted by molar-refractivity contribution is 6.02. The molecular weight excluding hydrogens is 1340 g/mol. The molecule has 590 valence electrons. The molecule has 1 aromatic heterocycles. The zero-order valence-electron chi connectivity index (χ0n) is 67.8. The van der Waals surface area contributed by atoms with Gasteiger partial charge < -0.3 is 61.9 Å². The van der Waals surface area contributed by atoms with Crippen LogP contribution >= 0.6 is 0 Å². The van der Waals surface area contributed by atoms with Gasteiger partial charge in [-0.1, -0.05) is 114 Å². The van der Waals surface area contributed by atoms with Crippen LogP contribution in [0.4, 0.5) is 0 Å². The second kappa shape index (κ2) is 30.0. The molecular formula is C85H132N2O18. The molecule has 0 radical (unpaired) electrons. The first kappa shape index (κ1) is 82.1. The van der Waals surface area contributed by atoms with Crippen LogP contribution in [-0.4, -0.2) is 161 Å². The van der Waals surface area contributed by atoms with Gasteiger partial charge in [0.05, 0.1) is 69.9 Å². The second-order valence-corrected chi connectivity index (χ2v) is 37.8. The van der Waals surface area contributed by atoms with Gasteiger partial charge in [0.15, 0.2) is 28.9 Å². The fourth-order valence-corrected chi connectivity index (χ4v) is 24.3. The lowest BCUT2D eigenvalue weighted by Crippen LogP contribution is -2.59. The molecule has 0 unspecified atom stereocenters. The normalized spacial score (nSPS) is 39.0. The zero-order chi connectivity index (χ0) is 76.6. The number of methoxy groups -OCH3 is 3. The summed E-state index contributed by atoms with van der Waals surface area (Å²) in [6.45, 7) is 40.1. The first-order chi connectivity index (χ1) is 49.2. The predicted molar refractivity (Wildman–Crippen MR) is 396 cm³/mol. The summed E-state index contributed by atoms with van der Waals surface area (Å²) in [7, 11) is 6.96. The van der Waals surface area contributed by atoms with E-state index in [2.05, 4.69) is 102 Å². The number of carbonyl (C=O) groups excluding carboxylic acids is 5. The number of nitrogens with zero attached hydrogens (tertiary/aromatic N) is 2. The van der Waals surface area contributed by atoms with Crippen LogP contribution in [0.2, 0.25) is 0 Å². The Hall–Kier alpha value is -3.90. The second-order valence-electron chi connectivity index (χ2n) is 37.8. The SMILES string of the molecule is CC1(C)[C@H]2C/C(=C/O)C(=O)[C@@]2(C)CCC12OCCO2.CC1(C)[C@H]2CCC(=O)[C@@]2(C)CCC12OCCO2.COCO[C@H]1CC=C2C(C)(C)C(=O)CC[C@@]21C.COCO[C@H]1CCC2=CC(=O)CC[C@@]21C.COCO[C@H]1CC[C@@H]2C(C)(C)C(=O)CC[C@]12C.Cn1cc2c(n1)[C@@]1(C)CCC3(OCCO3)C(C)(C)[C@H]1C2. The minimum Gasteiger partial charge on any atom is -0.515 e. The molecule has 0 aromatic carbocycles. The van der Waals surface area contributed by atoms with Gasteiger partial charge >= 0.3 is 0 Å². The molecule has 20 heteroatoms. The summed E-state index contributed by atoms with van der Waals surface area (Å²) in [5, 5.41) is 14.0. The molecule has 3 saturated heterocycles. The highest BCUT2D eigenvalue weighted by Gasteiger charge is 2.69. The summed E-state index contributed by atoms with van der Waals surface area (Å²) in [4.78, 5) is 60.0. The molecule has 1 aromatic rings. The predicted octanol–water partition coefficient (Wildman–Crippen LogP) is 15.1. The van der Waals surface area contributed by atoms with Crippen molar-refractivity contribution >= 4 is 28.9 Å². The van der Waals surface area contributed by atoms with E-state index in [4.69, 9.17) is 61.9 Å². The Morgan fingerprint density at radius 2 is 0.981 bits per heavy atom. The minimum absolute atomic E-state index is 0.00986. The van der Waals surface area contributed by atoms with Crippen LogP contribution in [0.3, 0.4) is 0 Å². The van der Waals surface area contributed by atoms with Crippen molar-refractivity contribution < 1.29 is 85.9 Å². The molecule has 1 N–H and O–H groups in total. The molecule has 12 fully saturated rings. The topological polar surface area (TPSA) is 234 Å². The molecule has 3 aliphatic heterocycles. The van der Waals surface area contributed by atoms with E-state index in [9.17, 15) is 29.1 Å². The number of carbonyl (C=O) groups is 5. The van der Waals surface area contributed by atoms with Gasteiger partial charge in [0.25, 0.3) is 0 Å². The summed E-state index contributed by atoms with van der Waals surface area (Å²) in [5.41, 5.74) is 4.91. The number of rotatable bonds is 9. The van der Waals surface area contributed by atoms with Crippen molar-refractivity contribution in [1.29, 1.82) is 0 Å². The van der Waals surface area contributed by atoms with Crippen LogP contribution in [0.15, 0.2) is 41.3 Å². The van der Waals surface area contributed by atoms with E-state index in [1.807, 2.05) is 38.6 Å². The van der Waals surface area contributed by atoms with E-state index in [0.717, 1.165) is 129 Å². The fraction of sp³-hybridized carbons (Fsp3) is 0.835. The summed E-state index contributed by atoms with van der Waals surface area (Å²) >= 11 is 0. The van der Waals surface area contributed by atoms with Crippen molar-refractivity contribution in [2.75, 3.05) is 81.3 Å². The zero-order valence-corrected chi connectivity index (χ0v) is 67.8.